The van der Waals surface area contributed by atoms with Gasteiger partial charge in [0.2, 0.25) is 0 Å². The van der Waals surface area contributed by atoms with E-state index >= 15 is 0 Å². The Bertz CT molecular complexity index is 530. The van der Waals surface area contributed by atoms with Gasteiger partial charge < -0.3 is 19.9 Å². The Morgan fingerprint density at radius 1 is 1.52 bits per heavy atom. The molecule has 3 atom stereocenters. The molecule has 2 heterocycles. The highest BCUT2D eigenvalue weighted by atomic mass is 16.4. The van der Waals surface area contributed by atoms with Crippen LogP contribution in [0, 0.1) is 5.92 Å². The summed E-state index contributed by atoms with van der Waals surface area (Å²) in [7, 11) is 1.79. The summed E-state index contributed by atoms with van der Waals surface area (Å²) in [4.78, 5) is 25.1. The highest BCUT2D eigenvalue weighted by Crippen LogP contribution is 2.23. The summed E-state index contributed by atoms with van der Waals surface area (Å²) in [5.74, 6) is -0.0186. The number of hydrogen-bond donors (Lipinski definition) is 2. The van der Waals surface area contributed by atoms with Crippen molar-refractivity contribution in [2.24, 2.45) is 13.0 Å². The van der Waals surface area contributed by atoms with E-state index in [1.165, 1.54) is 4.90 Å². The van der Waals surface area contributed by atoms with Crippen LogP contribution >= 0.6 is 0 Å². The lowest BCUT2D eigenvalue weighted by atomic mass is 9.93. The Labute approximate surface area is 123 Å². The Kier molecular flexibility index (Phi) is 4.44. The number of carbonyl (C=O) groups is 2. The molecule has 2 N–H and O–H groups in total. The van der Waals surface area contributed by atoms with E-state index in [4.69, 9.17) is 0 Å². The van der Waals surface area contributed by atoms with Gasteiger partial charge in [0, 0.05) is 13.6 Å². The highest BCUT2D eigenvalue weighted by Gasteiger charge is 2.35. The number of urea groups is 1. The summed E-state index contributed by atoms with van der Waals surface area (Å²) in [6.07, 6.45) is 2.86. The predicted molar refractivity (Wildman–Crippen MR) is 74.5 cm³/mol. The lowest BCUT2D eigenvalue weighted by Crippen LogP contribution is -2.53. The van der Waals surface area contributed by atoms with E-state index in [2.05, 4.69) is 15.5 Å². The first-order valence-corrected chi connectivity index (χ1v) is 7.04. The number of aliphatic carboxylic acids is 1. The van der Waals surface area contributed by atoms with E-state index in [1.807, 2.05) is 6.92 Å². The maximum Gasteiger partial charge on any atom is 0.326 e. The minimum absolute atomic E-state index is 0.311. The number of hydrogen-bond acceptors (Lipinski definition) is 4. The molecule has 0 saturated carbocycles. The van der Waals surface area contributed by atoms with Crippen LogP contribution in [0.3, 0.4) is 0 Å². The summed E-state index contributed by atoms with van der Waals surface area (Å²) < 4.78 is 1.72. The van der Waals surface area contributed by atoms with Crippen LogP contribution in [0.25, 0.3) is 0 Å². The van der Waals surface area contributed by atoms with Gasteiger partial charge in [0.15, 0.2) is 5.82 Å². The number of nitrogens with one attached hydrogen (secondary N) is 1. The Morgan fingerprint density at radius 3 is 2.81 bits per heavy atom. The average Bonchev–Trinajstić information content (AvgIpc) is 2.84. The number of carbonyl (C=O) groups excluding carboxylic acids is 1. The minimum atomic E-state index is -0.956. The van der Waals surface area contributed by atoms with Gasteiger partial charge in [0.25, 0.3) is 0 Å². The van der Waals surface area contributed by atoms with Crippen LogP contribution in [0.4, 0.5) is 4.79 Å². The van der Waals surface area contributed by atoms with E-state index in [0.717, 1.165) is 6.42 Å². The van der Waals surface area contributed by atoms with E-state index in [1.54, 1.807) is 24.9 Å². The molecule has 1 aromatic heterocycles. The lowest BCUT2D eigenvalue weighted by molar-refractivity contribution is -0.143. The predicted octanol–water partition coefficient (Wildman–Crippen LogP) is 0.771. The maximum absolute atomic E-state index is 12.3. The largest absolute Gasteiger partial charge is 0.480 e. The van der Waals surface area contributed by atoms with E-state index < -0.39 is 12.0 Å². The molecular formula is C13H21N5O3. The van der Waals surface area contributed by atoms with Crippen molar-refractivity contribution >= 4 is 12.0 Å². The Balaban J connectivity index is 2.05. The van der Waals surface area contributed by atoms with Crippen molar-refractivity contribution in [3.8, 4) is 0 Å². The molecule has 3 unspecified atom stereocenters. The zero-order valence-corrected chi connectivity index (χ0v) is 12.5. The van der Waals surface area contributed by atoms with Crippen LogP contribution in [0.1, 0.15) is 38.6 Å². The number of carboxylic acid groups (broad SMARTS) is 1. The van der Waals surface area contributed by atoms with Gasteiger partial charge >= 0.3 is 12.0 Å². The van der Waals surface area contributed by atoms with Crippen molar-refractivity contribution in [2.45, 2.75) is 38.8 Å². The van der Waals surface area contributed by atoms with Crippen LogP contribution in [0.15, 0.2) is 6.33 Å². The van der Waals surface area contributed by atoms with Gasteiger partial charge in [0.05, 0.1) is 6.04 Å². The molecule has 8 nitrogen and oxygen atoms in total. The smallest absolute Gasteiger partial charge is 0.326 e. The van der Waals surface area contributed by atoms with E-state index in [-0.39, 0.29) is 12.1 Å². The zero-order chi connectivity index (χ0) is 15.6. The normalized spacial score (nSPS) is 23.7. The number of likely N-dealkylation sites (tertiary alicyclic amines) is 1. The number of nitrogens with zero attached hydrogens (tertiary/aromatic N) is 4. The molecule has 0 aliphatic carbocycles. The van der Waals surface area contributed by atoms with Gasteiger partial charge in [-0.05, 0) is 25.7 Å². The fraction of sp³-hybridized carbons (Fsp3) is 0.692. The van der Waals surface area contributed by atoms with Crippen LogP contribution in [0.5, 0.6) is 0 Å². The number of rotatable bonds is 3. The summed E-state index contributed by atoms with van der Waals surface area (Å²) >= 11 is 0. The van der Waals surface area contributed by atoms with Crippen LogP contribution in [-0.4, -0.2) is 49.4 Å². The molecule has 21 heavy (non-hydrogen) atoms. The fourth-order valence-electron chi connectivity index (χ4n) is 2.64. The first kappa shape index (κ1) is 15.3. The topological polar surface area (TPSA) is 100 Å². The second-order valence-corrected chi connectivity index (χ2v) is 5.65. The van der Waals surface area contributed by atoms with Crippen molar-refractivity contribution < 1.29 is 14.7 Å². The molecule has 1 saturated heterocycles. The number of aromatic nitrogens is 3. The summed E-state index contributed by atoms with van der Waals surface area (Å²) in [5, 5.41) is 19.8. The minimum Gasteiger partial charge on any atom is -0.480 e. The number of aryl methyl sites for hydroxylation is 1. The molecule has 2 amide bonds. The second-order valence-electron chi connectivity index (χ2n) is 5.65. The molecule has 116 valence electrons. The molecular weight excluding hydrogens is 274 g/mol. The van der Waals surface area contributed by atoms with Gasteiger partial charge in [-0.1, -0.05) is 6.92 Å². The van der Waals surface area contributed by atoms with E-state index in [0.29, 0.717) is 24.7 Å². The molecule has 0 aromatic carbocycles. The quantitative estimate of drug-likeness (QED) is 0.858. The Hall–Kier alpha value is -2.12. The highest BCUT2D eigenvalue weighted by molar-refractivity contribution is 5.83. The van der Waals surface area contributed by atoms with Gasteiger partial charge in [-0.3, -0.25) is 0 Å². The van der Waals surface area contributed by atoms with Crippen molar-refractivity contribution in [1.82, 2.24) is 25.0 Å². The monoisotopic (exact) mass is 295 g/mol. The van der Waals surface area contributed by atoms with Crippen molar-refractivity contribution in [2.75, 3.05) is 6.54 Å². The van der Waals surface area contributed by atoms with E-state index in [9.17, 15) is 14.7 Å². The van der Waals surface area contributed by atoms with Gasteiger partial charge in [-0.25, -0.2) is 9.59 Å². The third kappa shape index (κ3) is 3.32. The Morgan fingerprint density at radius 2 is 2.24 bits per heavy atom. The molecule has 8 heteroatoms. The van der Waals surface area contributed by atoms with Gasteiger partial charge in [-0.2, -0.15) is 0 Å². The molecule has 0 radical (unpaired) electrons. The number of piperidine rings is 1. The standard InChI is InChI=1S/C13H21N5O3/c1-8-4-5-18(10(6-8)12(19)20)13(21)15-9(2)11-16-14-7-17(11)3/h7-10H,4-6H2,1-3H3,(H,15,21)(H,19,20). The van der Waals surface area contributed by atoms with Crippen molar-refractivity contribution in [3.63, 3.8) is 0 Å². The molecule has 1 aliphatic rings. The van der Waals surface area contributed by atoms with Crippen molar-refractivity contribution in [1.29, 1.82) is 0 Å². The molecule has 0 bridgehead atoms. The first-order chi connectivity index (χ1) is 9.90. The molecule has 0 spiro atoms. The summed E-state index contributed by atoms with van der Waals surface area (Å²) in [6.45, 7) is 4.26. The first-order valence-electron chi connectivity index (χ1n) is 7.04. The number of amides is 2. The molecule has 2 rings (SSSR count). The second kappa shape index (κ2) is 6.11. The average molecular weight is 295 g/mol. The SMILES string of the molecule is CC1CCN(C(=O)NC(C)c2nncn2C)C(C(=O)O)C1. The molecule has 1 fully saturated rings. The maximum atomic E-state index is 12.3. The van der Waals surface area contributed by atoms with Crippen LogP contribution in [-0.2, 0) is 11.8 Å². The third-order valence-electron chi connectivity index (χ3n) is 3.88. The van der Waals surface area contributed by atoms with Crippen LogP contribution < -0.4 is 5.32 Å². The third-order valence-corrected chi connectivity index (χ3v) is 3.88. The molecule has 1 aromatic rings. The van der Waals surface area contributed by atoms with Gasteiger partial charge in [0.1, 0.15) is 12.4 Å². The van der Waals surface area contributed by atoms with Crippen LogP contribution in [0.2, 0.25) is 0 Å². The fourth-order valence-corrected chi connectivity index (χ4v) is 2.64. The lowest BCUT2D eigenvalue weighted by Gasteiger charge is -2.36. The summed E-state index contributed by atoms with van der Waals surface area (Å²) in [6, 6.07) is -1.47. The zero-order valence-electron chi connectivity index (χ0n) is 12.5. The van der Waals surface area contributed by atoms with Crippen molar-refractivity contribution in [3.05, 3.63) is 12.2 Å². The summed E-state index contributed by atoms with van der Waals surface area (Å²) in [5.41, 5.74) is 0. The van der Waals surface area contributed by atoms with Gasteiger partial charge in [-0.15, -0.1) is 10.2 Å². The number of carboxylic acids is 1. The molecule has 1 aliphatic heterocycles.